The van der Waals surface area contributed by atoms with Gasteiger partial charge in [-0.3, -0.25) is 15.0 Å². The smallest absolute Gasteiger partial charge is 0.245 e. The Bertz CT molecular complexity index is 748. The largest absolute Gasteiger partial charge is 0.467 e. The van der Waals surface area contributed by atoms with E-state index < -0.39 is 0 Å². The van der Waals surface area contributed by atoms with Crippen molar-refractivity contribution in [2.45, 2.75) is 19.9 Å². The molecular formula is C18H19N3O3. The molecule has 6 heteroatoms. The van der Waals surface area contributed by atoms with E-state index in [9.17, 15) is 9.59 Å². The van der Waals surface area contributed by atoms with Crippen LogP contribution in [-0.4, -0.2) is 23.4 Å². The van der Waals surface area contributed by atoms with E-state index in [0.717, 1.165) is 11.3 Å². The first-order chi connectivity index (χ1) is 11.6. The van der Waals surface area contributed by atoms with Crippen LogP contribution in [0.3, 0.4) is 0 Å². The maximum absolute atomic E-state index is 12.0. The SMILES string of the molecule is Cc1ccc(C2=CCC(=O)N(CC(=O)NCc3ccco3)N2)cc1. The van der Waals surface area contributed by atoms with Crippen molar-refractivity contribution in [2.75, 3.05) is 6.54 Å². The second-order valence-corrected chi connectivity index (χ2v) is 5.64. The molecule has 0 bridgehead atoms. The molecule has 0 aliphatic carbocycles. The van der Waals surface area contributed by atoms with Crippen LogP contribution in [0.25, 0.3) is 5.70 Å². The molecule has 24 heavy (non-hydrogen) atoms. The molecule has 6 nitrogen and oxygen atoms in total. The second-order valence-electron chi connectivity index (χ2n) is 5.64. The van der Waals surface area contributed by atoms with Crippen molar-refractivity contribution in [2.24, 2.45) is 0 Å². The van der Waals surface area contributed by atoms with Crippen molar-refractivity contribution >= 4 is 17.5 Å². The fraction of sp³-hybridized carbons (Fsp3) is 0.222. The molecule has 3 rings (SSSR count). The number of hydrazine groups is 1. The number of nitrogens with one attached hydrogen (secondary N) is 2. The number of hydrogen-bond acceptors (Lipinski definition) is 4. The lowest BCUT2D eigenvalue weighted by atomic mass is 10.1. The van der Waals surface area contributed by atoms with Crippen LogP contribution in [0.2, 0.25) is 0 Å². The maximum Gasteiger partial charge on any atom is 0.245 e. The number of furan rings is 1. The number of carbonyl (C=O) groups is 2. The van der Waals surface area contributed by atoms with Gasteiger partial charge in [-0.2, -0.15) is 0 Å². The van der Waals surface area contributed by atoms with E-state index in [1.807, 2.05) is 37.3 Å². The summed E-state index contributed by atoms with van der Waals surface area (Å²) in [6.45, 7) is 2.27. The van der Waals surface area contributed by atoms with Crippen molar-refractivity contribution in [3.05, 3.63) is 65.6 Å². The zero-order valence-corrected chi connectivity index (χ0v) is 13.4. The number of carbonyl (C=O) groups excluding carboxylic acids is 2. The van der Waals surface area contributed by atoms with E-state index in [1.165, 1.54) is 10.6 Å². The number of amides is 2. The number of rotatable bonds is 5. The van der Waals surface area contributed by atoms with Gasteiger partial charge in [0.15, 0.2) is 0 Å². The lowest BCUT2D eigenvalue weighted by molar-refractivity contribution is -0.138. The molecule has 124 valence electrons. The lowest BCUT2D eigenvalue weighted by Gasteiger charge is -2.28. The van der Waals surface area contributed by atoms with Gasteiger partial charge in [0, 0.05) is 6.42 Å². The maximum atomic E-state index is 12.0. The summed E-state index contributed by atoms with van der Waals surface area (Å²) in [7, 11) is 0. The van der Waals surface area contributed by atoms with E-state index in [1.54, 1.807) is 18.4 Å². The summed E-state index contributed by atoms with van der Waals surface area (Å²) in [5.41, 5.74) is 6.00. The van der Waals surface area contributed by atoms with Crippen LogP contribution in [0.15, 0.2) is 53.2 Å². The summed E-state index contributed by atoms with van der Waals surface area (Å²) >= 11 is 0. The van der Waals surface area contributed by atoms with Gasteiger partial charge in [0.2, 0.25) is 11.8 Å². The van der Waals surface area contributed by atoms with Gasteiger partial charge in [0.25, 0.3) is 0 Å². The molecule has 2 heterocycles. The van der Waals surface area contributed by atoms with Gasteiger partial charge in [0.1, 0.15) is 12.3 Å². The first kappa shape index (κ1) is 15.9. The highest BCUT2D eigenvalue weighted by Gasteiger charge is 2.22. The highest BCUT2D eigenvalue weighted by atomic mass is 16.3. The van der Waals surface area contributed by atoms with E-state index in [0.29, 0.717) is 12.3 Å². The molecule has 1 aromatic carbocycles. The van der Waals surface area contributed by atoms with Gasteiger partial charge >= 0.3 is 0 Å². The molecule has 0 spiro atoms. The average Bonchev–Trinajstić information content (AvgIpc) is 3.09. The summed E-state index contributed by atoms with van der Waals surface area (Å²) in [6, 6.07) is 11.5. The van der Waals surface area contributed by atoms with Gasteiger partial charge < -0.3 is 9.73 Å². The number of hydrogen-bond donors (Lipinski definition) is 2. The molecule has 1 aliphatic rings. The Morgan fingerprint density at radius 2 is 2.08 bits per heavy atom. The van der Waals surface area contributed by atoms with Crippen molar-refractivity contribution in [1.29, 1.82) is 0 Å². The van der Waals surface area contributed by atoms with E-state index in [4.69, 9.17) is 4.42 Å². The summed E-state index contributed by atoms with van der Waals surface area (Å²) < 4.78 is 5.16. The Hall–Kier alpha value is -3.02. The number of nitrogens with zero attached hydrogens (tertiary/aromatic N) is 1. The minimum absolute atomic E-state index is 0.0528. The van der Waals surface area contributed by atoms with Gasteiger partial charge in [-0.15, -0.1) is 0 Å². The molecule has 0 atom stereocenters. The molecular weight excluding hydrogens is 306 g/mol. The van der Waals surface area contributed by atoms with Gasteiger partial charge in [-0.05, 0) is 30.7 Å². The van der Waals surface area contributed by atoms with Crippen LogP contribution in [0.5, 0.6) is 0 Å². The standard InChI is InChI=1S/C18H19N3O3/c1-13-4-6-14(7-5-13)16-8-9-18(23)21(20-16)12-17(22)19-11-15-3-2-10-24-15/h2-8,10,20H,9,11-12H2,1H3,(H,19,22). The van der Waals surface area contributed by atoms with Crippen LogP contribution in [-0.2, 0) is 16.1 Å². The zero-order chi connectivity index (χ0) is 16.9. The van der Waals surface area contributed by atoms with Gasteiger partial charge in [-0.25, -0.2) is 5.01 Å². The normalized spacial score (nSPS) is 14.1. The van der Waals surface area contributed by atoms with Crippen LogP contribution < -0.4 is 10.7 Å². The molecule has 2 N–H and O–H groups in total. The fourth-order valence-corrected chi connectivity index (χ4v) is 2.39. The van der Waals surface area contributed by atoms with Crippen molar-refractivity contribution in [3.63, 3.8) is 0 Å². The summed E-state index contributed by atoms with van der Waals surface area (Å²) in [4.78, 5) is 24.0. The zero-order valence-electron chi connectivity index (χ0n) is 13.4. The van der Waals surface area contributed by atoms with Gasteiger partial charge in [-0.1, -0.05) is 29.8 Å². The number of benzene rings is 1. The Morgan fingerprint density at radius 3 is 2.79 bits per heavy atom. The third kappa shape index (κ3) is 3.84. The number of aryl methyl sites for hydroxylation is 1. The van der Waals surface area contributed by atoms with Gasteiger partial charge in [0.05, 0.1) is 18.5 Å². The van der Waals surface area contributed by atoms with Crippen LogP contribution in [0.1, 0.15) is 23.3 Å². The minimum Gasteiger partial charge on any atom is -0.467 e. The molecule has 0 saturated heterocycles. The first-order valence-corrected chi connectivity index (χ1v) is 7.75. The molecule has 1 aliphatic heterocycles. The topological polar surface area (TPSA) is 74.6 Å². The van der Waals surface area contributed by atoms with Crippen molar-refractivity contribution < 1.29 is 14.0 Å². The quantitative estimate of drug-likeness (QED) is 0.881. The summed E-state index contributed by atoms with van der Waals surface area (Å²) in [6.07, 6.45) is 3.65. The van der Waals surface area contributed by atoms with Crippen molar-refractivity contribution in [1.82, 2.24) is 15.8 Å². The Kier molecular flexibility index (Phi) is 4.65. The molecule has 1 aromatic heterocycles. The monoisotopic (exact) mass is 325 g/mol. The molecule has 0 fully saturated rings. The van der Waals surface area contributed by atoms with E-state index in [-0.39, 0.29) is 24.8 Å². The summed E-state index contributed by atoms with van der Waals surface area (Å²) in [5, 5.41) is 4.07. The van der Waals surface area contributed by atoms with Crippen LogP contribution >= 0.6 is 0 Å². The van der Waals surface area contributed by atoms with Crippen molar-refractivity contribution in [3.8, 4) is 0 Å². The molecule has 2 aromatic rings. The minimum atomic E-state index is -0.252. The average molecular weight is 325 g/mol. The van der Waals surface area contributed by atoms with E-state index in [2.05, 4.69) is 10.7 Å². The Labute approximate surface area is 140 Å². The molecule has 0 radical (unpaired) electrons. The highest BCUT2D eigenvalue weighted by Crippen LogP contribution is 2.17. The van der Waals surface area contributed by atoms with E-state index >= 15 is 0 Å². The first-order valence-electron chi connectivity index (χ1n) is 7.75. The molecule has 2 amide bonds. The molecule has 0 saturated carbocycles. The van der Waals surface area contributed by atoms with Crippen LogP contribution in [0.4, 0.5) is 0 Å². The molecule has 0 unspecified atom stereocenters. The third-order valence-electron chi connectivity index (χ3n) is 3.74. The fourth-order valence-electron chi connectivity index (χ4n) is 2.39. The second kappa shape index (κ2) is 7.04. The predicted molar refractivity (Wildman–Crippen MR) is 89.2 cm³/mol. The predicted octanol–water partition coefficient (Wildman–Crippen LogP) is 1.98. The highest BCUT2D eigenvalue weighted by molar-refractivity contribution is 5.88. The Morgan fingerprint density at radius 1 is 1.29 bits per heavy atom. The summed E-state index contributed by atoms with van der Waals surface area (Å²) in [5.74, 6) is 0.276. The third-order valence-corrected chi connectivity index (χ3v) is 3.74. The lowest BCUT2D eigenvalue weighted by Crippen LogP contribution is -2.49. The Balaban J connectivity index is 1.59. The van der Waals surface area contributed by atoms with Crippen LogP contribution in [0, 0.1) is 6.92 Å².